The molecular formula is C17H17N3O5. The highest BCUT2D eigenvalue weighted by atomic mass is 16.6. The van der Waals surface area contributed by atoms with Crippen LogP contribution in [0.4, 0.5) is 5.69 Å². The van der Waals surface area contributed by atoms with Crippen LogP contribution in [-0.2, 0) is 4.79 Å². The van der Waals surface area contributed by atoms with Gasteiger partial charge in [-0.2, -0.15) is 5.10 Å². The Morgan fingerprint density at radius 2 is 1.96 bits per heavy atom. The first-order valence-electron chi connectivity index (χ1n) is 7.37. The smallest absolute Gasteiger partial charge is 0.280 e. The summed E-state index contributed by atoms with van der Waals surface area (Å²) in [6.07, 6.45) is 0.540. The predicted molar refractivity (Wildman–Crippen MR) is 91.9 cm³/mol. The Labute approximate surface area is 144 Å². The van der Waals surface area contributed by atoms with Gasteiger partial charge in [0.1, 0.15) is 11.5 Å². The van der Waals surface area contributed by atoms with Crippen molar-refractivity contribution in [3.05, 3.63) is 64.2 Å². The number of non-ortho nitro benzene ring substituents is 1. The minimum absolute atomic E-state index is 0.0509. The van der Waals surface area contributed by atoms with E-state index < -0.39 is 16.9 Å². The van der Waals surface area contributed by atoms with Crippen LogP contribution < -0.4 is 14.9 Å². The molecule has 1 atom stereocenters. The molecule has 0 heterocycles. The summed E-state index contributed by atoms with van der Waals surface area (Å²) in [4.78, 5) is 22.2. The van der Waals surface area contributed by atoms with Gasteiger partial charge < -0.3 is 9.47 Å². The van der Waals surface area contributed by atoms with Gasteiger partial charge in [-0.3, -0.25) is 14.9 Å². The van der Waals surface area contributed by atoms with Gasteiger partial charge in [0.05, 0.1) is 18.2 Å². The average molecular weight is 343 g/mol. The van der Waals surface area contributed by atoms with Gasteiger partial charge in [0.25, 0.3) is 11.6 Å². The van der Waals surface area contributed by atoms with Crippen molar-refractivity contribution in [2.24, 2.45) is 5.10 Å². The van der Waals surface area contributed by atoms with Crippen LogP contribution in [0.5, 0.6) is 11.5 Å². The van der Waals surface area contributed by atoms with E-state index in [9.17, 15) is 14.9 Å². The quantitative estimate of drug-likeness (QED) is 0.473. The van der Waals surface area contributed by atoms with E-state index in [-0.39, 0.29) is 5.69 Å². The van der Waals surface area contributed by atoms with Crippen molar-refractivity contribution < 1.29 is 19.2 Å². The van der Waals surface area contributed by atoms with Crippen LogP contribution >= 0.6 is 0 Å². The first kappa shape index (κ1) is 17.9. The number of carbonyl (C=O) groups is 1. The summed E-state index contributed by atoms with van der Waals surface area (Å²) in [6, 6.07) is 12.8. The number of hydrogen-bond acceptors (Lipinski definition) is 6. The lowest BCUT2D eigenvalue weighted by molar-refractivity contribution is -0.384. The first-order valence-corrected chi connectivity index (χ1v) is 7.37. The third kappa shape index (κ3) is 5.31. The summed E-state index contributed by atoms with van der Waals surface area (Å²) in [7, 11) is 1.54. The first-order chi connectivity index (χ1) is 12.0. The number of carbonyl (C=O) groups excluding carboxylic acids is 1. The second kappa shape index (κ2) is 8.44. The Morgan fingerprint density at radius 1 is 1.24 bits per heavy atom. The molecule has 0 aliphatic carbocycles. The molecule has 0 bridgehead atoms. The Balaban J connectivity index is 1.92. The minimum Gasteiger partial charge on any atom is -0.497 e. The Morgan fingerprint density at radius 3 is 2.68 bits per heavy atom. The van der Waals surface area contributed by atoms with Crippen LogP contribution in [0, 0.1) is 10.1 Å². The fourth-order valence-electron chi connectivity index (χ4n) is 1.91. The molecule has 0 saturated heterocycles. The van der Waals surface area contributed by atoms with E-state index in [0.717, 1.165) is 0 Å². The molecule has 0 spiro atoms. The van der Waals surface area contributed by atoms with E-state index >= 15 is 0 Å². The Kier molecular flexibility index (Phi) is 6.05. The molecule has 0 aliphatic rings. The number of nitrogens with zero attached hydrogens (tertiary/aromatic N) is 2. The summed E-state index contributed by atoms with van der Waals surface area (Å²) < 4.78 is 10.6. The standard InChI is InChI=1S/C17H17N3O5/c1-12(25-16-8-4-7-15(10-16)24-2)17(21)19-18-11-13-5-3-6-14(9-13)20(22)23/h3-12H,1-2H3,(H,19,21)/b18-11+. The largest absolute Gasteiger partial charge is 0.497 e. The maximum Gasteiger partial charge on any atom is 0.280 e. The molecule has 25 heavy (non-hydrogen) atoms. The van der Waals surface area contributed by atoms with Crippen molar-refractivity contribution in [1.29, 1.82) is 0 Å². The average Bonchev–Trinajstić information content (AvgIpc) is 2.62. The molecule has 130 valence electrons. The number of benzene rings is 2. The van der Waals surface area contributed by atoms with Gasteiger partial charge in [0, 0.05) is 23.8 Å². The highest BCUT2D eigenvalue weighted by Crippen LogP contribution is 2.19. The van der Waals surface area contributed by atoms with E-state index in [4.69, 9.17) is 9.47 Å². The minimum atomic E-state index is -0.783. The second-order valence-electron chi connectivity index (χ2n) is 5.03. The van der Waals surface area contributed by atoms with E-state index in [1.165, 1.54) is 31.5 Å². The molecule has 0 aliphatic heterocycles. The van der Waals surface area contributed by atoms with Gasteiger partial charge in [-0.1, -0.05) is 18.2 Å². The Bertz CT molecular complexity index is 791. The zero-order chi connectivity index (χ0) is 18.2. The van der Waals surface area contributed by atoms with Crippen LogP contribution in [0.1, 0.15) is 12.5 Å². The van der Waals surface area contributed by atoms with Gasteiger partial charge in [-0.05, 0) is 19.1 Å². The van der Waals surface area contributed by atoms with Crippen LogP contribution in [0.2, 0.25) is 0 Å². The topological polar surface area (TPSA) is 103 Å². The molecule has 1 N–H and O–H groups in total. The second-order valence-corrected chi connectivity index (χ2v) is 5.03. The number of nitro benzene ring substituents is 1. The zero-order valence-corrected chi connectivity index (χ0v) is 13.7. The molecule has 8 nitrogen and oxygen atoms in total. The number of rotatable bonds is 7. The van der Waals surface area contributed by atoms with E-state index in [1.54, 1.807) is 37.3 Å². The Hall–Kier alpha value is -3.42. The molecular weight excluding hydrogens is 326 g/mol. The molecule has 0 radical (unpaired) electrons. The summed E-state index contributed by atoms with van der Waals surface area (Å²) in [5, 5.41) is 14.5. The molecule has 2 aromatic rings. The number of ether oxygens (including phenoxy) is 2. The van der Waals surface area contributed by atoms with Gasteiger partial charge in [-0.25, -0.2) is 5.43 Å². The van der Waals surface area contributed by atoms with Crippen molar-refractivity contribution >= 4 is 17.8 Å². The molecule has 2 rings (SSSR count). The maximum absolute atomic E-state index is 12.0. The lowest BCUT2D eigenvalue weighted by Crippen LogP contribution is -2.33. The van der Waals surface area contributed by atoms with Gasteiger partial charge in [0.2, 0.25) is 0 Å². The summed E-state index contributed by atoms with van der Waals surface area (Å²) in [6.45, 7) is 1.58. The molecule has 1 amide bonds. The number of hydrazone groups is 1. The fraction of sp³-hybridized carbons (Fsp3) is 0.176. The number of hydrogen-bond donors (Lipinski definition) is 1. The van der Waals surface area contributed by atoms with E-state index in [2.05, 4.69) is 10.5 Å². The third-order valence-corrected chi connectivity index (χ3v) is 3.19. The predicted octanol–water partition coefficient (Wildman–Crippen LogP) is 2.52. The SMILES string of the molecule is COc1cccc(OC(C)C(=O)N/N=C/c2cccc([N+](=O)[O-])c2)c1. The monoisotopic (exact) mass is 343 g/mol. The summed E-state index contributed by atoms with van der Waals surface area (Å²) in [5.41, 5.74) is 2.78. The van der Waals surface area contributed by atoms with E-state index in [0.29, 0.717) is 17.1 Å². The number of methoxy groups -OCH3 is 1. The maximum atomic E-state index is 12.0. The summed E-state index contributed by atoms with van der Waals surface area (Å²) in [5.74, 6) is 0.656. The van der Waals surface area contributed by atoms with Gasteiger partial charge in [-0.15, -0.1) is 0 Å². The van der Waals surface area contributed by atoms with Crippen molar-refractivity contribution in [1.82, 2.24) is 5.43 Å². The molecule has 0 saturated carbocycles. The number of nitro groups is 1. The zero-order valence-electron chi connectivity index (χ0n) is 13.7. The van der Waals surface area contributed by atoms with Crippen molar-refractivity contribution in [3.63, 3.8) is 0 Å². The molecule has 8 heteroatoms. The van der Waals surface area contributed by atoms with Crippen LogP contribution in [0.3, 0.4) is 0 Å². The third-order valence-electron chi connectivity index (χ3n) is 3.19. The van der Waals surface area contributed by atoms with Crippen molar-refractivity contribution in [3.8, 4) is 11.5 Å². The normalized spacial score (nSPS) is 11.8. The lowest BCUT2D eigenvalue weighted by atomic mass is 10.2. The van der Waals surface area contributed by atoms with Crippen LogP contribution in [0.15, 0.2) is 53.6 Å². The van der Waals surface area contributed by atoms with Crippen molar-refractivity contribution in [2.75, 3.05) is 7.11 Å². The number of nitrogens with one attached hydrogen (secondary N) is 1. The fourth-order valence-corrected chi connectivity index (χ4v) is 1.91. The van der Waals surface area contributed by atoms with Gasteiger partial charge >= 0.3 is 0 Å². The molecule has 0 fully saturated rings. The summed E-state index contributed by atoms with van der Waals surface area (Å²) >= 11 is 0. The van der Waals surface area contributed by atoms with Crippen LogP contribution in [-0.4, -0.2) is 30.3 Å². The number of amides is 1. The van der Waals surface area contributed by atoms with Crippen LogP contribution in [0.25, 0.3) is 0 Å². The highest BCUT2D eigenvalue weighted by molar-refractivity contribution is 5.84. The van der Waals surface area contributed by atoms with Crippen molar-refractivity contribution in [2.45, 2.75) is 13.0 Å². The lowest BCUT2D eigenvalue weighted by Gasteiger charge is -2.13. The highest BCUT2D eigenvalue weighted by Gasteiger charge is 2.14. The molecule has 0 aromatic heterocycles. The van der Waals surface area contributed by atoms with E-state index in [1.807, 2.05) is 0 Å². The van der Waals surface area contributed by atoms with Gasteiger partial charge in [0.15, 0.2) is 6.10 Å². The molecule has 1 unspecified atom stereocenters. The molecule has 2 aromatic carbocycles.